The van der Waals surface area contributed by atoms with Crippen LogP contribution in [0.5, 0.6) is 0 Å². The van der Waals surface area contributed by atoms with Crippen molar-refractivity contribution in [1.29, 1.82) is 0 Å². The first-order valence-electron chi connectivity index (χ1n) is 5.48. The first kappa shape index (κ1) is 13.2. The average molecular weight is 335 g/mol. The zero-order valence-corrected chi connectivity index (χ0v) is 12.4. The van der Waals surface area contributed by atoms with Gasteiger partial charge < -0.3 is 5.32 Å². The molecule has 1 fully saturated rings. The second-order valence-electron chi connectivity index (χ2n) is 4.04. The van der Waals surface area contributed by atoms with Crippen LogP contribution in [0.1, 0.15) is 16.8 Å². The topological polar surface area (TPSA) is 29.1 Å². The van der Waals surface area contributed by atoms with E-state index >= 15 is 0 Å². The summed E-state index contributed by atoms with van der Waals surface area (Å²) in [6.45, 7) is 0.745. The van der Waals surface area contributed by atoms with Gasteiger partial charge in [0.1, 0.15) is 0 Å². The molecule has 1 aliphatic heterocycles. The van der Waals surface area contributed by atoms with Crippen molar-refractivity contribution >= 4 is 45.2 Å². The van der Waals surface area contributed by atoms with Gasteiger partial charge in [-0.3, -0.25) is 4.79 Å². The molecular weight excluding hydrogens is 322 g/mol. The Bertz CT molecular complexity index is 421. The average Bonchev–Trinajstić information content (AvgIpc) is 2.82. The standard InChI is InChI=1S/C12H13BrClNOS/c13-10-3-1-2-9(11(10)14)12(16)15-6-8-4-5-17-7-8/h1-3,8H,4-7H2,(H,15,16). The lowest BCUT2D eigenvalue weighted by Gasteiger charge is -2.11. The van der Waals surface area contributed by atoms with Crippen LogP contribution >= 0.6 is 39.3 Å². The predicted octanol–water partition coefficient (Wildman–Crippen LogP) is 3.59. The van der Waals surface area contributed by atoms with Crippen molar-refractivity contribution in [2.45, 2.75) is 6.42 Å². The molecule has 92 valence electrons. The first-order valence-corrected chi connectivity index (χ1v) is 7.81. The zero-order valence-electron chi connectivity index (χ0n) is 9.21. The van der Waals surface area contributed by atoms with Crippen molar-refractivity contribution in [3.05, 3.63) is 33.3 Å². The minimum Gasteiger partial charge on any atom is -0.352 e. The molecule has 1 aliphatic rings. The van der Waals surface area contributed by atoms with Crippen molar-refractivity contribution in [2.24, 2.45) is 5.92 Å². The Morgan fingerprint density at radius 2 is 2.41 bits per heavy atom. The molecule has 0 aliphatic carbocycles. The van der Waals surface area contributed by atoms with Crippen molar-refractivity contribution in [3.63, 3.8) is 0 Å². The highest BCUT2D eigenvalue weighted by molar-refractivity contribution is 9.10. The summed E-state index contributed by atoms with van der Waals surface area (Å²) in [4.78, 5) is 12.0. The molecule has 2 nitrogen and oxygen atoms in total. The molecule has 17 heavy (non-hydrogen) atoms. The second kappa shape index (κ2) is 6.12. The maximum Gasteiger partial charge on any atom is 0.252 e. The van der Waals surface area contributed by atoms with Crippen molar-refractivity contribution in [1.82, 2.24) is 5.32 Å². The van der Waals surface area contributed by atoms with Crippen LogP contribution in [0.4, 0.5) is 0 Å². The lowest BCUT2D eigenvalue weighted by atomic mass is 10.1. The van der Waals surface area contributed by atoms with E-state index < -0.39 is 0 Å². The van der Waals surface area contributed by atoms with Gasteiger partial charge in [-0.05, 0) is 51.9 Å². The molecule has 1 atom stereocenters. The summed E-state index contributed by atoms with van der Waals surface area (Å²) in [6, 6.07) is 5.38. The van der Waals surface area contributed by atoms with E-state index in [1.807, 2.05) is 23.9 Å². The number of rotatable bonds is 3. The van der Waals surface area contributed by atoms with Gasteiger partial charge in [0.2, 0.25) is 0 Å². The molecule has 5 heteroatoms. The largest absolute Gasteiger partial charge is 0.352 e. The highest BCUT2D eigenvalue weighted by Gasteiger charge is 2.18. The molecule has 0 bridgehead atoms. The Morgan fingerprint density at radius 1 is 1.59 bits per heavy atom. The van der Waals surface area contributed by atoms with Crippen molar-refractivity contribution < 1.29 is 4.79 Å². The summed E-state index contributed by atoms with van der Waals surface area (Å²) in [7, 11) is 0. The van der Waals surface area contributed by atoms with Crippen LogP contribution in [-0.2, 0) is 0 Å². The van der Waals surface area contributed by atoms with Crippen LogP contribution in [0.2, 0.25) is 5.02 Å². The smallest absolute Gasteiger partial charge is 0.252 e. The third-order valence-electron chi connectivity index (χ3n) is 2.77. The minimum atomic E-state index is -0.0896. The Labute approximate surface area is 119 Å². The third kappa shape index (κ3) is 3.39. The minimum absolute atomic E-state index is 0.0896. The van der Waals surface area contributed by atoms with Gasteiger partial charge in [-0.1, -0.05) is 17.7 Å². The predicted molar refractivity (Wildman–Crippen MR) is 76.9 cm³/mol. The van der Waals surface area contributed by atoms with E-state index in [0.717, 1.165) is 16.8 Å². The van der Waals surface area contributed by atoms with Gasteiger partial charge in [0.15, 0.2) is 0 Å². The molecule has 0 saturated carbocycles. The van der Waals surface area contributed by atoms with E-state index in [1.54, 1.807) is 6.07 Å². The molecule has 0 radical (unpaired) electrons. The van der Waals surface area contributed by atoms with Gasteiger partial charge >= 0.3 is 0 Å². The number of carbonyl (C=O) groups is 1. The molecule has 1 N–H and O–H groups in total. The molecular formula is C12H13BrClNOS. The van der Waals surface area contributed by atoms with Crippen molar-refractivity contribution in [2.75, 3.05) is 18.1 Å². The van der Waals surface area contributed by atoms with E-state index in [4.69, 9.17) is 11.6 Å². The van der Waals surface area contributed by atoms with Crippen LogP contribution in [-0.4, -0.2) is 24.0 Å². The highest BCUT2D eigenvalue weighted by atomic mass is 79.9. The monoisotopic (exact) mass is 333 g/mol. The van der Waals surface area contributed by atoms with E-state index in [9.17, 15) is 4.79 Å². The molecule has 1 amide bonds. The van der Waals surface area contributed by atoms with E-state index in [2.05, 4.69) is 21.2 Å². The highest BCUT2D eigenvalue weighted by Crippen LogP contribution is 2.26. The summed E-state index contributed by atoms with van der Waals surface area (Å²) in [5, 5.41) is 3.43. The normalized spacial score (nSPS) is 19.3. The number of hydrogen-bond donors (Lipinski definition) is 1. The van der Waals surface area contributed by atoms with Gasteiger partial charge in [0, 0.05) is 11.0 Å². The summed E-state index contributed by atoms with van der Waals surface area (Å²) >= 11 is 11.3. The molecule has 2 rings (SSSR count). The van der Waals surface area contributed by atoms with Gasteiger partial charge in [-0.15, -0.1) is 0 Å². The summed E-state index contributed by atoms with van der Waals surface area (Å²) < 4.78 is 0.753. The van der Waals surface area contributed by atoms with Gasteiger partial charge in [-0.2, -0.15) is 11.8 Å². The number of hydrogen-bond acceptors (Lipinski definition) is 2. The molecule has 1 unspecified atom stereocenters. The fraction of sp³-hybridized carbons (Fsp3) is 0.417. The van der Waals surface area contributed by atoms with Crippen LogP contribution < -0.4 is 5.32 Å². The number of amides is 1. The van der Waals surface area contributed by atoms with E-state index in [1.165, 1.54) is 12.2 Å². The zero-order chi connectivity index (χ0) is 12.3. The van der Waals surface area contributed by atoms with Crippen LogP contribution in [0.3, 0.4) is 0 Å². The fourth-order valence-electron chi connectivity index (χ4n) is 1.76. The number of thioether (sulfide) groups is 1. The van der Waals surface area contributed by atoms with Gasteiger partial charge in [0.25, 0.3) is 5.91 Å². The Balaban J connectivity index is 1.97. The fourth-order valence-corrected chi connectivity index (χ4v) is 3.62. The lowest BCUT2D eigenvalue weighted by molar-refractivity contribution is 0.0948. The number of nitrogens with one attached hydrogen (secondary N) is 1. The van der Waals surface area contributed by atoms with E-state index in [-0.39, 0.29) is 5.91 Å². The lowest BCUT2D eigenvalue weighted by Crippen LogP contribution is -2.29. The van der Waals surface area contributed by atoms with Crippen molar-refractivity contribution in [3.8, 4) is 0 Å². The Kier molecular flexibility index (Phi) is 4.77. The number of halogens is 2. The number of carbonyl (C=O) groups excluding carboxylic acids is 1. The molecule has 1 saturated heterocycles. The third-order valence-corrected chi connectivity index (χ3v) is 5.30. The molecule has 0 spiro atoms. The van der Waals surface area contributed by atoms with Gasteiger partial charge in [-0.25, -0.2) is 0 Å². The SMILES string of the molecule is O=C(NCC1CCSC1)c1cccc(Br)c1Cl. The Morgan fingerprint density at radius 3 is 3.12 bits per heavy atom. The maximum absolute atomic E-state index is 12.0. The maximum atomic E-state index is 12.0. The van der Waals surface area contributed by atoms with Gasteiger partial charge in [0.05, 0.1) is 10.6 Å². The molecule has 1 heterocycles. The van der Waals surface area contributed by atoms with Crippen LogP contribution in [0.15, 0.2) is 22.7 Å². The second-order valence-corrected chi connectivity index (χ2v) is 6.42. The first-order chi connectivity index (χ1) is 8.18. The summed E-state index contributed by atoms with van der Waals surface area (Å²) in [5.41, 5.74) is 0.534. The molecule has 1 aromatic rings. The van der Waals surface area contributed by atoms with E-state index in [0.29, 0.717) is 16.5 Å². The molecule has 0 aromatic heterocycles. The van der Waals surface area contributed by atoms with Crippen LogP contribution in [0.25, 0.3) is 0 Å². The summed E-state index contributed by atoms with van der Waals surface area (Å²) in [5.74, 6) is 2.87. The molecule has 1 aromatic carbocycles. The summed E-state index contributed by atoms with van der Waals surface area (Å²) in [6.07, 6.45) is 1.19. The van der Waals surface area contributed by atoms with Crippen LogP contribution in [0, 0.1) is 5.92 Å². The quantitative estimate of drug-likeness (QED) is 0.915. The number of benzene rings is 1. The Hall–Kier alpha value is -0.190.